The van der Waals surface area contributed by atoms with Crippen LogP contribution in [-0.2, 0) is 6.54 Å². The topological polar surface area (TPSA) is 18.8 Å². The molecule has 0 bridgehead atoms. The quantitative estimate of drug-likeness (QED) is 0.776. The third-order valence-corrected chi connectivity index (χ3v) is 5.13. The molecule has 0 saturated carbocycles. The molecule has 3 heteroatoms. The van der Waals surface area contributed by atoms with Crippen LogP contribution in [0.5, 0.6) is 0 Å². The number of rotatable bonds is 5. The maximum absolute atomic E-state index is 5.13. The predicted octanol–water partition coefficient (Wildman–Crippen LogP) is 4.88. The van der Waals surface area contributed by atoms with Crippen LogP contribution in [0.1, 0.15) is 49.9 Å². The van der Waals surface area contributed by atoms with Gasteiger partial charge < -0.3 is 9.80 Å². The first kappa shape index (κ1) is 17.5. The van der Waals surface area contributed by atoms with Crippen molar-refractivity contribution < 1.29 is 0 Å². The van der Waals surface area contributed by atoms with Crippen LogP contribution in [0, 0.1) is 0 Å². The van der Waals surface area contributed by atoms with Gasteiger partial charge in [0.2, 0.25) is 0 Å². The third-order valence-electron chi connectivity index (χ3n) is 5.13. The Balaban J connectivity index is 2.02. The average Bonchev–Trinajstić information content (AvgIpc) is 2.79. The van der Waals surface area contributed by atoms with Gasteiger partial charge >= 0.3 is 0 Å². The van der Waals surface area contributed by atoms with Crippen molar-refractivity contribution >= 4 is 11.5 Å². The lowest BCUT2D eigenvalue weighted by molar-refractivity contribution is 0.493. The molecule has 25 heavy (non-hydrogen) atoms. The molecule has 1 heterocycles. The molecule has 1 aliphatic rings. The number of hydrogen-bond donors (Lipinski definition) is 0. The number of fused-ring (bicyclic) bond motifs is 1. The Morgan fingerprint density at radius 3 is 2.32 bits per heavy atom. The predicted molar refractivity (Wildman–Crippen MR) is 107 cm³/mol. The molecule has 1 atom stereocenters. The van der Waals surface area contributed by atoms with E-state index in [2.05, 4.69) is 86.1 Å². The van der Waals surface area contributed by atoms with Crippen molar-refractivity contribution in [2.75, 3.05) is 25.0 Å². The minimum Gasteiger partial charge on any atom is -0.372 e. The van der Waals surface area contributed by atoms with E-state index in [0.717, 1.165) is 26.1 Å². The SMILES string of the molecule is CCC1=NC(c2ccc(N(CC)CC)cc2)c2ccccc2CN1C. The van der Waals surface area contributed by atoms with Crippen LogP contribution >= 0.6 is 0 Å². The third kappa shape index (κ3) is 3.55. The highest BCUT2D eigenvalue weighted by atomic mass is 15.2. The average molecular weight is 335 g/mol. The number of nitrogens with zero attached hydrogens (tertiary/aromatic N) is 3. The second-order valence-electron chi connectivity index (χ2n) is 6.62. The summed E-state index contributed by atoms with van der Waals surface area (Å²) in [7, 11) is 2.14. The molecule has 1 aliphatic heterocycles. The van der Waals surface area contributed by atoms with Gasteiger partial charge in [0.25, 0.3) is 0 Å². The summed E-state index contributed by atoms with van der Waals surface area (Å²) in [5.74, 6) is 1.18. The number of amidine groups is 1. The molecular weight excluding hydrogens is 306 g/mol. The first-order valence-corrected chi connectivity index (χ1v) is 9.38. The summed E-state index contributed by atoms with van der Waals surface area (Å²) >= 11 is 0. The van der Waals surface area contributed by atoms with E-state index >= 15 is 0 Å². The van der Waals surface area contributed by atoms with Crippen LogP contribution in [0.25, 0.3) is 0 Å². The standard InChI is InChI=1S/C22H29N3/c1-5-21-23-22(20-11-9-8-10-18(20)16-24(21)4)17-12-14-19(15-13-17)25(6-2)7-3/h8-15,22H,5-7,16H2,1-4H3. The van der Waals surface area contributed by atoms with Gasteiger partial charge in [0.05, 0.1) is 5.84 Å². The summed E-state index contributed by atoms with van der Waals surface area (Å²) in [4.78, 5) is 9.79. The Kier molecular flexibility index (Phi) is 5.42. The summed E-state index contributed by atoms with van der Waals surface area (Å²) in [6, 6.07) is 17.8. The Labute approximate surface area is 152 Å². The molecule has 0 fully saturated rings. The van der Waals surface area contributed by atoms with Crippen LogP contribution in [0.3, 0.4) is 0 Å². The van der Waals surface area contributed by atoms with Gasteiger partial charge in [-0.25, -0.2) is 0 Å². The van der Waals surface area contributed by atoms with Crippen LogP contribution in [0.4, 0.5) is 5.69 Å². The van der Waals surface area contributed by atoms with Crippen LogP contribution in [0.2, 0.25) is 0 Å². The lowest BCUT2D eigenvalue weighted by atomic mass is 9.95. The molecule has 0 spiro atoms. The Morgan fingerprint density at radius 2 is 1.68 bits per heavy atom. The highest BCUT2D eigenvalue weighted by Gasteiger charge is 2.22. The Morgan fingerprint density at radius 1 is 1.00 bits per heavy atom. The maximum atomic E-state index is 5.13. The zero-order chi connectivity index (χ0) is 17.8. The zero-order valence-corrected chi connectivity index (χ0v) is 15.9. The molecule has 0 N–H and O–H groups in total. The Hall–Kier alpha value is -2.29. The van der Waals surface area contributed by atoms with Gasteiger partial charge in [0.15, 0.2) is 0 Å². The van der Waals surface area contributed by atoms with E-state index < -0.39 is 0 Å². The zero-order valence-electron chi connectivity index (χ0n) is 15.9. The number of hydrogen-bond acceptors (Lipinski definition) is 3. The normalized spacial score (nSPS) is 16.9. The molecule has 0 saturated heterocycles. The second kappa shape index (κ2) is 7.73. The van der Waals surface area contributed by atoms with Crippen molar-refractivity contribution in [1.29, 1.82) is 0 Å². The van der Waals surface area contributed by atoms with Crippen LogP contribution < -0.4 is 4.90 Å². The summed E-state index contributed by atoms with van der Waals surface area (Å²) in [5, 5.41) is 0. The monoisotopic (exact) mass is 335 g/mol. The van der Waals surface area contributed by atoms with E-state index in [1.807, 2.05) is 0 Å². The molecule has 0 radical (unpaired) electrons. The van der Waals surface area contributed by atoms with Crippen molar-refractivity contribution in [3.8, 4) is 0 Å². The summed E-state index contributed by atoms with van der Waals surface area (Å²) in [6.45, 7) is 9.58. The minimum absolute atomic E-state index is 0.0850. The first-order chi connectivity index (χ1) is 12.2. The van der Waals surface area contributed by atoms with E-state index in [0.29, 0.717) is 0 Å². The highest BCUT2D eigenvalue weighted by molar-refractivity contribution is 5.83. The minimum atomic E-state index is 0.0850. The summed E-state index contributed by atoms with van der Waals surface area (Å²) in [6.07, 6.45) is 0.957. The summed E-state index contributed by atoms with van der Waals surface area (Å²) < 4.78 is 0. The number of aliphatic imine (C=N–C) groups is 1. The largest absolute Gasteiger partial charge is 0.372 e. The molecule has 132 valence electrons. The van der Waals surface area contributed by atoms with E-state index in [-0.39, 0.29) is 6.04 Å². The molecular formula is C22H29N3. The van der Waals surface area contributed by atoms with E-state index in [9.17, 15) is 0 Å². The second-order valence-corrected chi connectivity index (χ2v) is 6.62. The molecule has 3 nitrogen and oxygen atoms in total. The molecule has 0 aromatic heterocycles. The first-order valence-electron chi connectivity index (χ1n) is 9.38. The van der Waals surface area contributed by atoms with Crippen LogP contribution in [0.15, 0.2) is 53.5 Å². The van der Waals surface area contributed by atoms with Crippen molar-refractivity contribution in [3.63, 3.8) is 0 Å². The lowest BCUT2D eigenvalue weighted by Gasteiger charge is -2.22. The van der Waals surface area contributed by atoms with Gasteiger partial charge in [-0.15, -0.1) is 0 Å². The van der Waals surface area contributed by atoms with Gasteiger partial charge in [-0.1, -0.05) is 43.3 Å². The molecule has 3 rings (SSSR count). The van der Waals surface area contributed by atoms with Gasteiger partial charge in [0, 0.05) is 38.8 Å². The molecule has 0 amide bonds. The highest BCUT2D eigenvalue weighted by Crippen LogP contribution is 2.33. The fraction of sp³-hybridized carbons (Fsp3) is 0.409. The number of benzene rings is 2. The van der Waals surface area contributed by atoms with Crippen molar-refractivity contribution in [2.45, 2.75) is 39.8 Å². The fourth-order valence-electron chi connectivity index (χ4n) is 3.68. The Bertz CT molecular complexity index is 729. The smallest absolute Gasteiger partial charge is 0.102 e. The van der Waals surface area contributed by atoms with Gasteiger partial charge in [0.1, 0.15) is 6.04 Å². The van der Waals surface area contributed by atoms with E-state index in [1.165, 1.54) is 28.2 Å². The van der Waals surface area contributed by atoms with Crippen molar-refractivity contribution in [3.05, 3.63) is 65.2 Å². The lowest BCUT2D eigenvalue weighted by Crippen LogP contribution is -2.24. The summed E-state index contributed by atoms with van der Waals surface area (Å²) in [5.41, 5.74) is 5.25. The molecule has 2 aromatic rings. The fourth-order valence-corrected chi connectivity index (χ4v) is 3.68. The molecule has 2 aromatic carbocycles. The van der Waals surface area contributed by atoms with E-state index in [4.69, 9.17) is 4.99 Å². The van der Waals surface area contributed by atoms with E-state index in [1.54, 1.807) is 0 Å². The molecule has 0 aliphatic carbocycles. The van der Waals surface area contributed by atoms with Crippen molar-refractivity contribution in [2.24, 2.45) is 4.99 Å². The van der Waals surface area contributed by atoms with Crippen LogP contribution in [-0.4, -0.2) is 30.9 Å². The number of anilines is 1. The van der Waals surface area contributed by atoms with Crippen molar-refractivity contribution in [1.82, 2.24) is 4.90 Å². The molecule has 1 unspecified atom stereocenters. The van der Waals surface area contributed by atoms with Gasteiger partial charge in [-0.3, -0.25) is 4.99 Å². The van der Waals surface area contributed by atoms with Gasteiger partial charge in [-0.05, 0) is 42.7 Å². The maximum Gasteiger partial charge on any atom is 0.102 e. The van der Waals surface area contributed by atoms with Gasteiger partial charge in [-0.2, -0.15) is 0 Å².